The van der Waals surface area contributed by atoms with Gasteiger partial charge >= 0.3 is 5.97 Å². The van der Waals surface area contributed by atoms with Crippen molar-refractivity contribution in [2.75, 3.05) is 324 Å². The van der Waals surface area contributed by atoms with Crippen molar-refractivity contribution in [2.24, 2.45) is 0 Å². The third-order valence-electron chi connectivity index (χ3n) is 10.5. The lowest BCUT2D eigenvalue weighted by Crippen LogP contribution is -2.47. The maximum absolute atomic E-state index is 12.2. The van der Waals surface area contributed by atoms with E-state index in [-0.39, 0.29) is 26.0 Å². The minimum Gasteiger partial charge on any atom is -0.481 e. The molecule has 0 bridgehead atoms. The highest BCUT2D eigenvalue weighted by molar-refractivity contribution is 5.87. The second-order valence-corrected chi connectivity index (χ2v) is 17.6. The number of methoxy groups -OCH3 is 1. The monoisotopic (exact) mass is 1260 g/mol. The molecular weight excluding hydrogens is 1150 g/mol. The van der Waals surface area contributed by atoms with E-state index in [0.29, 0.717) is 304 Å². The van der Waals surface area contributed by atoms with Crippen molar-refractivity contribution in [1.29, 1.82) is 0 Å². The first-order chi connectivity index (χ1) is 42.5. The molecule has 0 aromatic heterocycles. The van der Waals surface area contributed by atoms with Gasteiger partial charge in [0, 0.05) is 27.0 Å². The Morgan fingerprint density at radius 3 is 0.593 bits per heavy atom. The predicted molar refractivity (Wildman–Crippen MR) is 308 cm³/mol. The molecule has 30 nitrogen and oxygen atoms in total. The van der Waals surface area contributed by atoms with Crippen LogP contribution in [-0.2, 0) is 128 Å². The third kappa shape index (κ3) is 73.9. The number of carbonyl (C=O) groups is 3. The van der Waals surface area contributed by atoms with Gasteiger partial charge in [0.1, 0.15) is 6.04 Å². The summed E-state index contributed by atoms with van der Waals surface area (Å²) in [6.07, 6.45) is -0.231. The number of carboxylic acid groups (broad SMARTS) is 1. The SMILES string of the molecule is COCCOCCOCCOCCOCCOCCOCCOCCOCCOCCOCCOCCOCCOCCOCCOCCOCCOCCOCCOCCOCCOCCOCCOCCNC(=O)C(CCC(=O)O)NC(C)=O. The first-order valence-corrected chi connectivity index (χ1v) is 30.0. The fourth-order valence-electron chi connectivity index (χ4n) is 6.23. The number of carboxylic acids is 1. The van der Waals surface area contributed by atoms with E-state index in [4.69, 9.17) is 119 Å². The standard InChI is InChI=1S/C56H110N2O28/c1-53(59)58-54(3-4-55(60)61)56(62)57-5-6-64-9-10-66-13-14-68-17-18-70-21-22-72-25-26-74-29-30-76-33-34-78-37-38-80-41-42-82-45-46-84-49-50-86-52-51-85-48-47-83-44-43-81-40-39-79-36-35-77-32-31-75-28-27-73-24-23-71-20-19-69-16-15-67-12-11-65-8-7-63-2/h54H,3-52H2,1-2H3,(H,57,62)(H,58,59)(H,60,61). The highest BCUT2D eigenvalue weighted by Crippen LogP contribution is 1.99. The molecule has 0 radical (unpaired) electrons. The lowest BCUT2D eigenvalue weighted by molar-refractivity contribution is -0.137. The Labute approximate surface area is 510 Å². The van der Waals surface area contributed by atoms with Gasteiger partial charge in [0.15, 0.2) is 0 Å². The van der Waals surface area contributed by atoms with Crippen molar-refractivity contribution in [3.8, 4) is 0 Å². The summed E-state index contributed by atoms with van der Waals surface area (Å²) in [6, 6.07) is -0.908. The fourth-order valence-corrected chi connectivity index (χ4v) is 6.23. The number of amides is 2. The molecule has 0 aromatic rings. The maximum Gasteiger partial charge on any atom is 0.303 e. The smallest absolute Gasteiger partial charge is 0.303 e. The summed E-state index contributed by atoms with van der Waals surface area (Å²) in [4.78, 5) is 34.2. The summed E-state index contributed by atoms with van der Waals surface area (Å²) < 4.78 is 131. The number of hydrogen-bond donors (Lipinski definition) is 3. The normalized spacial score (nSPS) is 11.9. The maximum atomic E-state index is 12.2. The molecule has 0 spiro atoms. The van der Waals surface area contributed by atoms with Crippen molar-refractivity contribution in [3.05, 3.63) is 0 Å². The molecule has 2 amide bonds. The van der Waals surface area contributed by atoms with E-state index < -0.39 is 23.8 Å². The van der Waals surface area contributed by atoms with Crippen molar-refractivity contribution in [2.45, 2.75) is 25.8 Å². The molecule has 30 heteroatoms. The molecule has 1 atom stereocenters. The molecule has 0 heterocycles. The first kappa shape index (κ1) is 83.5. The Morgan fingerprint density at radius 1 is 0.279 bits per heavy atom. The molecule has 0 aliphatic carbocycles. The van der Waals surface area contributed by atoms with Gasteiger partial charge in [0.25, 0.3) is 0 Å². The summed E-state index contributed by atoms with van der Waals surface area (Å²) in [5.74, 6) is -1.92. The molecule has 512 valence electrons. The van der Waals surface area contributed by atoms with E-state index in [0.717, 1.165) is 0 Å². The lowest BCUT2D eigenvalue weighted by Gasteiger charge is -2.16. The zero-order chi connectivity index (χ0) is 62.0. The van der Waals surface area contributed by atoms with E-state index in [2.05, 4.69) is 10.6 Å². The van der Waals surface area contributed by atoms with Crippen LogP contribution in [0.15, 0.2) is 0 Å². The number of hydrogen-bond acceptors (Lipinski definition) is 27. The Hall–Kier alpha value is -2.55. The molecule has 0 saturated heterocycles. The zero-order valence-electron chi connectivity index (χ0n) is 51.9. The minimum atomic E-state index is -1.05. The van der Waals surface area contributed by atoms with Crippen LogP contribution in [0.3, 0.4) is 0 Å². The van der Waals surface area contributed by atoms with Gasteiger partial charge in [0.2, 0.25) is 11.8 Å². The van der Waals surface area contributed by atoms with Gasteiger partial charge in [-0.3, -0.25) is 14.4 Å². The molecule has 0 fully saturated rings. The van der Waals surface area contributed by atoms with E-state index in [1.807, 2.05) is 0 Å². The van der Waals surface area contributed by atoms with Crippen LogP contribution >= 0.6 is 0 Å². The van der Waals surface area contributed by atoms with Crippen molar-refractivity contribution in [1.82, 2.24) is 10.6 Å². The Balaban J connectivity index is 3.15. The third-order valence-corrected chi connectivity index (χ3v) is 10.5. The number of ether oxygens (including phenoxy) is 24. The highest BCUT2D eigenvalue weighted by atomic mass is 16.6. The predicted octanol–water partition coefficient (Wildman–Crippen LogP) is -0.500. The number of carbonyl (C=O) groups excluding carboxylic acids is 2. The van der Waals surface area contributed by atoms with Crippen LogP contribution in [0.25, 0.3) is 0 Å². The van der Waals surface area contributed by atoms with Crippen molar-refractivity contribution < 1.29 is 133 Å². The van der Waals surface area contributed by atoms with Gasteiger partial charge in [-0.1, -0.05) is 0 Å². The lowest BCUT2D eigenvalue weighted by atomic mass is 10.1. The average molecular weight is 1260 g/mol. The number of aliphatic carboxylic acids is 1. The van der Waals surface area contributed by atoms with Crippen LogP contribution < -0.4 is 10.6 Å². The molecular formula is C56H110N2O28. The number of nitrogens with one attached hydrogen (secondary N) is 2. The molecule has 0 aromatic carbocycles. The van der Waals surface area contributed by atoms with Crippen LogP contribution in [0, 0.1) is 0 Å². The highest BCUT2D eigenvalue weighted by Gasteiger charge is 2.20. The van der Waals surface area contributed by atoms with E-state index in [9.17, 15) is 14.4 Å². The Bertz CT molecular complexity index is 1360. The van der Waals surface area contributed by atoms with Crippen LogP contribution in [0.2, 0.25) is 0 Å². The summed E-state index contributed by atoms with van der Waals surface area (Å²) in [5.41, 5.74) is 0. The van der Waals surface area contributed by atoms with Gasteiger partial charge < -0.3 is 129 Å². The summed E-state index contributed by atoms with van der Waals surface area (Å²) in [6.45, 7) is 23.6. The second-order valence-electron chi connectivity index (χ2n) is 17.6. The largest absolute Gasteiger partial charge is 0.481 e. The topological polar surface area (TPSA) is 317 Å². The molecule has 0 rings (SSSR count). The van der Waals surface area contributed by atoms with E-state index >= 15 is 0 Å². The summed E-state index contributed by atoms with van der Waals surface area (Å²) >= 11 is 0. The zero-order valence-corrected chi connectivity index (χ0v) is 51.9. The molecule has 1 unspecified atom stereocenters. The quantitative estimate of drug-likeness (QED) is 0.0647. The fraction of sp³-hybridized carbons (Fsp3) is 0.946. The second kappa shape index (κ2) is 74.9. The van der Waals surface area contributed by atoms with Crippen LogP contribution in [0.1, 0.15) is 19.8 Å². The molecule has 0 aliphatic heterocycles. The van der Waals surface area contributed by atoms with Crippen molar-refractivity contribution >= 4 is 17.8 Å². The summed E-state index contributed by atoms with van der Waals surface area (Å²) in [5, 5.41) is 13.9. The van der Waals surface area contributed by atoms with Gasteiger partial charge in [0.05, 0.1) is 311 Å². The van der Waals surface area contributed by atoms with Gasteiger partial charge in [-0.2, -0.15) is 0 Å². The van der Waals surface area contributed by atoms with Crippen LogP contribution in [0.4, 0.5) is 0 Å². The molecule has 3 N–H and O–H groups in total. The Kier molecular flexibility index (Phi) is 72.7. The van der Waals surface area contributed by atoms with Crippen molar-refractivity contribution in [3.63, 3.8) is 0 Å². The van der Waals surface area contributed by atoms with Gasteiger partial charge in [-0.15, -0.1) is 0 Å². The molecule has 0 saturated carbocycles. The minimum absolute atomic E-state index is 0.00190. The molecule has 86 heavy (non-hydrogen) atoms. The first-order valence-electron chi connectivity index (χ1n) is 30.0. The molecule has 0 aliphatic rings. The number of rotatable bonds is 77. The van der Waals surface area contributed by atoms with E-state index in [1.165, 1.54) is 6.92 Å². The summed E-state index contributed by atoms with van der Waals surface area (Å²) in [7, 11) is 1.64. The van der Waals surface area contributed by atoms with Gasteiger partial charge in [-0.05, 0) is 6.42 Å². The van der Waals surface area contributed by atoms with Crippen LogP contribution in [0.5, 0.6) is 0 Å². The Morgan fingerprint density at radius 2 is 0.442 bits per heavy atom. The average Bonchev–Trinajstić information content (AvgIpc) is 3.52. The van der Waals surface area contributed by atoms with E-state index in [1.54, 1.807) is 7.11 Å². The van der Waals surface area contributed by atoms with Gasteiger partial charge in [-0.25, -0.2) is 0 Å². The van der Waals surface area contributed by atoms with Crippen LogP contribution in [-0.4, -0.2) is 353 Å².